The van der Waals surface area contributed by atoms with Crippen LogP contribution in [-0.4, -0.2) is 28.8 Å². The minimum atomic E-state index is -0.528. The molecule has 1 aliphatic heterocycles. The van der Waals surface area contributed by atoms with Gasteiger partial charge in [0.05, 0.1) is 24.5 Å². The summed E-state index contributed by atoms with van der Waals surface area (Å²) in [6, 6.07) is 7.48. The Morgan fingerprint density at radius 2 is 2.35 bits per heavy atom. The SMILES string of the molecule is CC(NC(=O)C1CNc2ccccc2O1)c1cn[nH]c1. The molecule has 0 spiro atoms. The van der Waals surface area contributed by atoms with Crippen molar-refractivity contribution < 1.29 is 9.53 Å². The molecule has 3 N–H and O–H groups in total. The highest BCUT2D eigenvalue weighted by molar-refractivity contribution is 5.83. The third-order valence-corrected chi connectivity index (χ3v) is 3.30. The second-order valence-corrected chi connectivity index (χ2v) is 4.75. The third-order valence-electron chi connectivity index (χ3n) is 3.30. The Bertz CT molecular complexity index is 597. The number of nitrogens with one attached hydrogen (secondary N) is 3. The number of H-pyrrole nitrogens is 1. The van der Waals surface area contributed by atoms with Crippen molar-refractivity contribution in [1.29, 1.82) is 0 Å². The fourth-order valence-corrected chi connectivity index (χ4v) is 2.15. The molecule has 2 unspecified atom stereocenters. The standard InChI is InChI=1S/C14H16N4O2/c1-9(10-6-16-17-7-10)18-14(19)13-8-15-11-4-2-3-5-12(11)20-13/h2-7,9,13,15H,8H2,1H3,(H,16,17)(H,18,19). The fraction of sp³-hybridized carbons (Fsp3) is 0.286. The molecule has 6 heteroatoms. The lowest BCUT2D eigenvalue weighted by molar-refractivity contribution is -0.128. The number of para-hydroxylation sites is 2. The molecule has 2 aromatic rings. The summed E-state index contributed by atoms with van der Waals surface area (Å²) < 4.78 is 5.71. The van der Waals surface area contributed by atoms with E-state index < -0.39 is 6.10 Å². The van der Waals surface area contributed by atoms with Gasteiger partial charge in [-0.15, -0.1) is 0 Å². The molecule has 104 valence electrons. The summed E-state index contributed by atoms with van der Waals surface area (Å²) >= 11 is 0. The number of anilines is 1. The molecule has 0 fully saturated rings. The minimum Gasteiger partial charge on any atom is -0.477 e. The quantitative estimate of drug-likeness (QED) is 0.790. The van der Waals surface area contributed by atoms with Crippen LogP contribution in [0.5, 0.6) is 5.75 Å². The van der Waals surface area contributed by atoms with E-state index in [0.717, 1.165) is 11.3 Å². The van der Waals surface area contributed by atoms with Gasteiger partial charge < -0.3 is 15.4 Å². The van der Waals surface area contributed by atoms with E-state index in [9.17, 15) is 4.79 Å². The minimum absolute atomic E-state index is 0.109. The second-order valence-electron chi connectivity index (χ2n) is 4.75. The van der Waals surface area contributed by atoms with Gasteiger partial charge in [0.2, 0.25) is 0 Å². The number of nitrogens with zero attached hydrogens (tertiary/aromatic N) is 1. The summed E-state index contributed by atoms with van der Waals surface area (Å²) in [7, 11) is 0. The number of hydrogen-bond acceptors (Lipinski definition) is 4. The zero-order valence-corrected chi connectivity index (χ0v) is 11.1. The Morgan fingerprint density at radius 1 is 1.50 bits per heavy atom. The van der Waals surface area contributed by atoms with Crippen LogP contribution < -0.4 is 15.4 Å². The number of hydrogen-bond donors (Lipinski definition) is 3. The van der Waals surface area contributed by atoms with Gasteiger partial charge in [0.15, 0.2) is 6.10 Å². The highest BCUT2D eigenvalue weighted by Gasteiger charge is 2.26. The molecular formula is C14H16N4O2. The maximum atomic E-state index is 12.2. The summed E-state index contributed by atoms with van der Waals surface area (Å²) in [5.74, 6) is 0.565. The lowest BCUT2D eigenvalue weighted by Gasteiger charge is -2.27. The van der Waals surface area contributed by atoms with Crippen LogP contribution in [0.1, 0.15) is 18.5 Å². The van der Waals surface area contributed by atoms with E-state index in [-0.39, 0.29) is 11.9 Å². The van der Waals surface area contributed by atoms with Crippen LogP contribution in [0.15, 0.2) is 36.7 Å². The first-order valence-corrected chi connectivity index (χ1v) is 6.52. The molecule has 0 saturated carbocycles. The first-order valence-electron chi connectivity index (χ1n) is 6.52. The smallest absolute Gasteiger partial charge is 0.263 e. The molecule has 20 heavy (non-hydrogen) atoms. The Kier molecular flexibility index (Phi) is 3.28. The summed E-state index contributed by atoms with van der Waals surface area (Å²) in [5, 5.41) is 12.7. The Hall–Kier alpha value is -2.50. The molecule has 2 heterocycles. The molecule has 1 aliphatic rings. The Balaban J connectivity index is 1.64. The lowest BCUT2D eigenvalue weighted by atomic mass is 10.1. The summed E-state index contributed by atoms with van der Waals surface area (Å²) in [6.07, 6.45) is 2.93. The molecule has 1 amide bonds. The van der Waals surface area contributed by atoms with Gasteiger partial charge >= 0.3 is 0 Å². The number of carbonyl (C=O) groups is 1. The summed E-state index contributed by atoms with van der Waals surface area (Å²) in [6.45, 7) is 2.37. The highest BCUT2D eigenvalue weighted by Crippen LogP contribution is 2.28. The van der Waals surface area contributed by atoms with Crippen LogP contribution >= 0.6 is 0 Å². The van der Waals surface area contributed by atoms with Crippen LogP contribution in [0, 0.1) is 0 Å². The number of ether oxygens (including phenoxy) is 1. The van der Waals surface area contributed by atoms with Crippen molar-refractivity contribution in [3.63, 3.8) is 0 Å². The van der Waals surface area contributed by atoms with E-state index in [0.29, 0.717) is 12.3 Å². The summed E-state index contributed by atoms with van der Waals surface area (Å²) in [4.78, 5) is 12.2. The van der Waals surface area contributed by atoms with Crippen molar-refractivity contribution >= 4 is 11.6 Å². The Labute approximate surface area is 116 Å². The number of benzene rings is 1. The molecule has 3 rings (SSSR count). The predicted molar refractivity (Wildman–Crippen MR) is 74.5 cm³/mol. The maximum Gasteiger partial charge on any atom is 0.263 e. The van der Waals surface area contributed by atoms with Crippen molar-refractivity contribution in [2.24, 2.45) is 0 Å². The van der Waals surface area contributed by atoms with Gasteiger partial charge in [-0.2, -0.15) is 5.10 Å². The highest BCUT2D eigenvalue weighted by atomic mass is 16.5. The van der Waals surface area contributed by atoms with Crippen molar-refractivity contribution in [1.82, 2.24) is 15.5 Å². The van der Waals surface area contributed by atoms with Crippen LogP contribution in [0.4, 0.5) is 5.69 Å². The van der Waals surface area contributed by atoms with E-state index in [1.165, 1.54) is 0 Å². The first-order chi connectivity index (χ1) is 9.74. The number of fused-ring (bicyclic) bond motifs is 1. The van der Waals surface area contributed by atoms with Gasteiger partial charge in [0.25, 0.3) is 5.91 Å². The second kappa shape index (κ2) is 5.24. The van der Waals surface area contributed by atoms with Gasteiger partial charge in [-0.3, -0.25) is 9.89 Å². The third kappa shape index (κ3) is 2.45. The number of rotatable bonds is 3. The van der Waals surface area contributed by atoms with Crippen molar-refractivity contribution in [2.75, 3.05) is 11.9 Å². The molecule has 0 aliphatic carbocycles. The van der Waals surface area contributed by atoms with Crippen LogP contribution in [0.25, 0.3) is 0 Å². The normalized spacial score (nSPS) is 18.4. The predicted octanol–water partition coefficient (Wildman–Crippen LogP) is 1.46. The van der Waals surface area contributed by atoms with E-state index in [2.05, 4.69) is 20.8 Å². The molecular weight excluding hydrogens is 256 g/mol. The molecule has 0 saturated heterocycles. The average Bonchev–Trinajstić information content (AvgIpc) is 3.01. The monoisotopic (exact) mass is 272 g/mol. The van der Waals surface area contributed by atoms with Gasteiger partial charge in [0.1, 0.15) is 5.75 Å². The Morgan fingerprint density at radius 3 is 3.15 bits per heavy atom. The van der Waals surface area contributed by atoms with Crippen molar-refractivity contribution in [3.05, 3.63) is 42.2 Å². The van der Waals surface area contributed by atoms with Crippen LogP contribution in [-0.2, 0) is 4.79 Å². The van der Waals surface area contributed by atoms with Crippen molar-refractivity contribution in [2.45, 2.75) is 19.1 Å². The number of carbonyl (C=O) groups excluding carboxylic acids is 1. The number of aromatic amines is 1. The summed E-state index contributed by atoms with van der Waals surface area (Å²) in [5.41, 5.74) is 1.85. The van der Waals surface area contributed by atoms with Crippen molar-refractivity contribution in [3.8, 4) is 5.75 Å². The van der Waals surface area contributed by atoms with E-state index in [1.54, 1.807) is 12.4 Å². The fourth-order valence-electron chi connectivity index (χ4n) is 2.15. The number of aromatic nitrogens is 2. The number of amides is 1. The van der Waals surface area contributed by atoms with E-state index in [4.69, 9.17) is 4.74 Å². The van der Waals surface area contributed by atoms with Gasteiger partial charge in [0, 0.05) is 11.8 Å². The lowest BCUT2D eigenvalue weighted by Crippen LogP contribution is -2.45. The molecule has 1 aromatic heterocycles. The van der Waals surface area contributed by atoms with Crippen LogP contribution in [0.2, 0.25) is 0 Å². The molecule has 0 radical (unpaired) electrons. The molecule has 6 nitrogen and oxygen atoms in total. The first kappa shape index (κ1) is 12.5. The van der Waals surface area contributed by atoms with Gasteiger partial charge in [-0.1, -0.05) is 12.1 Å². The topological polar surface area (TPSA) is 79.0 Å². The maximum absolute atomic E-state index is 12.2. The molecule has 2 atom stereocenters. The molecule has 0 bridgehead atoms. The average molecular weight is 272 g/mol. The van der Waals surface area contributed by atoms with Crippen LogP contribution in [0.3, 0.4) is 0 Å². The largest absolute Gasteiger partial charge is 0.477 e. The zero-order valence-electron chi connectivity index (χ0n) is 11.1. The van der Waals surface area contributed by atoms with Gasteiger partial charge in [-0.25, -0.2) is 0 Å². The zero-order chi connectivity index (χ0) is 13.9. The van der Waals surface area contributed by atoms with Gasteiger partial charge in [-0.05, 0) is 19.1 Å². The van der Waals surface area contributed by atoms with E-state index in [1.807, 2.05) is 31.2 Å². The molecule has 1 aromatic carbocycles. The van der Waals surface area contributed by atoms with E-state index >= 15 is 0 Å².